The van der Waals surface area contributed by atoms with Gasteiger partial charge >= 0.3 is 0 Å². The SMILES string of the molecule is CCCNc1nc(C)c(C2Cc3ccccc3S2)c(N[C@@H]2C[C@H](C(C)=O)[C@H]3OC(C)(C)O[C@H]32)n1. The summed E-state index contributed by atoms with van der Waals surface area (Å²) in [7, 11) is 0. The van der Waals surface area contributed by atoms with Gasteiger partial charge in [0.05, 0.1) is 12.1 Å². The van der Waals surface area contributed by atoms with E-state index in [-0.39, 0.29) is 35.2 Å². The van der Waals surface area contributed by atoms with Crippen LogP contribution in [-0.2, 0) is 20.7 Å². The number of carbonyl (C=O) groups is 1. The summed E-state index contributed by atoms with van der Waals surface area (Å²) in [5, 5.41) is 7.28. The predicted molar refractivity (Wildman–Crippen MR) is 134 cm³/mol. The first-order chi connectivity index (χ1) is 16.3. The normalized spacial score (nSPS) is 29.0. The molecule has 0 spiro atoms. The first kappa shape index (κ1) is 23.6. The number of ketones is 1. The van der Waals surface area contributed by atoms with E-state index in [2.05, 4.69) is 48.7 Å². The third-order valence-corrected chi connectivity index (χ3v) is 8.29. The molecule has 2 N–H and O–H groups in total. The number of hydrogen-bond donors (Lipinski definition) is 2. The Labute approximate surface area is 205 Å². The molecule has 182 valence electrons. The Bertz CT molecular complexity index is 1070. The average molecular weight is 483 g/mol. The lowest BCUT2D eigenvalue weighted by atomic mass is 10.0. The van der Waals surface area contributed by atoms with E-state index in [0.717, 1.165) is 36.5 Å². The summed E-state index contributed by atoms with van der Waals surface area (Å²) < 4.78 is 12.4. The molecule has 8 heteroatoms. The van der Waals surface area contributed by atoms with Crippen molar-refractivity contribution in [1.82, 2.24) is 9.97 Å². The fourth-order valence-corrected chi connectivity index (χ4v) is 6.86. The zero-order valence-corrected chi connectivity index (χ0v) is 21.4. The molecule has 2 fully saturated rings. The highest BCUT2D eigenvalue weighted by atomic mass is 32.2. The van der Waals surface area contributed by atoms with E-state index in [1.165, 1.54) is 10.5 Å². The Morgan fingerprint density at radius 3 is 2.71 bits per heavy atom. The molecule has 34 heavy (non-hydrogen) atoms. The number of fused-ring (bicyclic) bond motifs is 2. The van der Waals surface area contributed by atoms with Crippen LogP contribution in [0.25, 0.3) is 0 Å². The molecule has 1 unspecified atom stereocenters. The maximum absolute atomic E-state index is 12.4. The van der Waals surface area contributed by atoms with Crippen LogP contribution in [0.5, 0.6) is 0 Å². The first-order valence-electron chi connectivity index (χ1n) is 12.3. The Morgan fingerprint density at radius 2 is 1.97 bits per heavy atom. The molecule has 1 aliphatic carbocycles. The largest absolute Gasteiger partial charge is 0.364 e. The van der Waals surface area contributed by atoms with Gasteiger partial charge in [0.1, 0.15) is 17.7 Å². The highest BCUT2D eigenvalue weighted by Crippen LogP contribution is 2.49. The quantitative estimate of drug-likeness (QED) is 0.576. The standard InChI is InChI=1S/C26H34N4O3S/c1-6-11-27-25-28-14(2)21(20-12-16-9-7-8-10-19(16)34-20)24(30-25)29-18-13-17(15(3)31)22-23(18)33-26(4,5)32-22/h7-10,17-18,20,22-23H,6,11-13H2,1-5H3,(H2,27,28,29,30)/t17-,18-,20?,22-,23+/m1/s1. The second kappa shape index (κ2) is 9.13. The van der Waals surface area contributed by atoms with Crippen molar-refractivity contribution in [1.29, 1.82) is 0 Å². The van der Waals surface area contributed by atoms with E-state index in [1.54, 1.807) is 6.92 Å². The predicted octanol–water partition coefficient (Wildman–Crippen LogP) is 4.91. The van der Waals surface area contributed by atoms with Crippen molar-refractivity contribution in [2.45, 2.75) is 88.1 Å². The topological polar surface area (TPSA) is 85.4 Å². The summed E-state index contributed by atoms with van der Waals surface area (Å²) in [6.07, 6.45) is 2.17. The lowest BCUT2D eigenvalue weighted by molar-refractivity contribution is -0.159. The molecule has 0 bridgehead atoms. The molecule has 2 aromatic rings. The minimum Gasteiger partial charge on any atom is -0.364 e. The fraction of sp³-hybridized carbons (Fsp3) is 0.577. The van der Waals surface area contributed by atoms with Crippen molar-refractivity contribution in [3.8, 4) is 0 Å². The first-order valence-corrected chi connectivity index (χ1v) is 13.1. The molecular formula is C26H34N4O3S. The number of nitrogens with one attached hydrogen (secondary N) is 2. The van der Waals surface area contributed by atoms with Crippen LogP contribution in [0, 0.1) is 12.8 Å². The molecular weight excluding hydrogens is 448 g/mol. The molecule has 7 nitrogen and oxygen atoms in total. The Morgan fingerprint density at radius 1 is 1.21 bits per heavy atom. The molecule has 2 aliphatic heterocycles. The number of aryl methyl sites for hydroxylation is 1. The molecule has 3 heterocycles. The third kappa shape index (κ3) is 4.43. The van der Waals surface area contributed by atoms with E-state index in [0.29, 0.717) is 12.4 Å². The van der Waals surface area contributed by atoms with Crippen LogP contribution < -0.4 is 10.6 Å². The number of benzene rings is 1. The molecule has 1 saturated heterocycles. The molecule has 0 amide bonds. The van der Waals surface area contributed by atoms with Crippen molar-refractivity contribution >= 4 is 29.3 Å². The van der Waals surface area contributed by atoms with E-state index in [9.17, 15) is 4.79 Å². The van der Waals surface area contributed by atoms with Gasteiger partial charge in [-0.05, 0) is 58.6 Å². The van der Waals surface area contributed by atoms with Gasteiger partial charge in [-0.25, -0.2) is 4.98 Å². The zero-order valence-electron chi connectivity index (χ0n) is 20.6. The maximum atomic E-state index is 12.4. The van der Waals surface area contributed by atoms with Crippen molar-refractivity contribution in [2.75, 3.05) is 17.2 Å². The second-order valence-electron chi connectivity index (χ2n) is 10.0. The maximum Gasteiger partial charge on any atom is 0.224 e. The number of hydrogen-bond acceptors (Lipinski definition) is 8. The highest BCUT2D eigenvalue weighted by Gasteiger charge is 2.55. The molecule has 0 radical (unpaired) electrons. The molecule has 5 rings (SSSR count). The van der Waals surface area contributed by atoms with Gasteiger partial charge in [-0.15, -0.1) is 11.8 Å². The van der Waals surface area contributed by atoms with Crippen LogP contribution in [-0.4, -0.2) is 46.3 Å². The van der Waals surface area contributed by atoms with E-state index in [1.807, 2.05) is 25.6 Å². The number of aromatic nitrogens is 2. The molecule has 3 aliphatic rings. The fourth-order valence-electron chi connectivity index (χ4n) is 5.43. The monoisotopic (exact) mass is 482 g/mol. The van der Waals surface area contributed by atoms with Gasteiger partial charge in [0.25, 0.3) is 0 Å². The van der Waals surface area contributed by atoms with Gasteiger partial charge in [-0.2, -0.15) is 4.98 Å². The van der Waals surface area contributed by atoms with Crippen molar-refractivity contribution < 1.29 is 14.3 Å². The average Bonchev–Trinajstić information content (AvgIpc) is 3.43. The van der Waals surface area contributed by atoms with E-state index in [4.69, 9.17) is 19.4 Å². The van der Waals surface area contributed by atoms with E-state index < -0.39 is 5.79 Å². The minimum atomic E-state index is -0.704. The number of ether oxygens (including phenoxy) is 2. The summed E-state index contributed by atoms with van der Waals surface area (Å²) in [5.41, 5.74) is 3.47. The smallest absolute Gasteiger partial charge is 0.224 e. The zero-order chi connectivity index (χ0) is 24.0. The van der Waals surface area contributed by atoms with Crippen molar-refractivity contribution in [2.24, 2.45) is 5.92 Å². The van der Waals surface area contributed by atoms with Gasteiger partial charge in [-0.3, -0.25) is 4.79 Å². The summed E-state index contributed by atoms with van der Waals surface area (Å²) in [6.45, 7) is 10.5. The van der Waals surface area contributed by atoms with E-state index >= 15 is 0 Å². The Balaban J connectivity index is 1.48. The molecule has 1 saturated carbocycles. The number of thioether (sulfide) groups is 1. The number of anilines is 2. The van der Waals surface area contributed by atoms with Crippen LogP contribution >= 0.6 is 11.8 Å². The summed E-state index contributed by atoms with van der Waals surface area (Å²) in [4.78, 5) is 23.5. The number of nitrogens with zero attached hydrogens (tertiary/aromatic N) is 2. The van der Waals surface area contributed by atoms with Gasteiger partial charge < -0.3 is 20.1 Å². The Kier molecular flexibility index (Phi) is 6.33. The lowest BCUT2D eigenvalue weighted by Gasteiger charge is -2.26. The van der Waals surface area contributed by atoms with Crippen molar-refractivity contribution in [3.63, 3.8) is 0 Å². The third-order valence-electron chi connectivity index (χ3n) is 6.95. The summed E-state index contributed by atoms with van der Waals surface area (Å²) in [5.74, 6) is 0.723. The van der Waals surface area contributed by atoms with Crippen LogP contribution in [0.3, 0.4) is 0 Å². The van der Waals surface area contributed by atoms with Gasteiger partial charge in [0, 0.05) is 33.9 Å². The minimum absolute atomic E-state index is 0.0680. The molecule has 5 atom stereocenters. The van der Waals surface area contributed by atoms with Crippen LogP contribution in [0.15, 0.2) is 29.2 Å². The van der Waals surface area contributed by atoms with Crippen molar-refractivity contribution in [3.05, 3.63) is 41.1 Å². The van der Waals surface area contributed by atoms with Gasteiger partial charge in [0.2, 0.25) is 5.95 Å². The van der Waals surface area contributed by atoms with Gasteiger partial charge in [0.15, 0.2) is 5.79 Å². The summed E-state index contributed by atoms with van der Waals surface area (Å²) >= 11 is 1.87. The Hall–Kier alpha value is -2.16. The second-order valence-corrected chi connectivity index (χ2v) is 11.3. The molecule has 1 aromatic heterocycles. The van der Waals surface area contributed by atoms with Crippen LogP contribution in [0.2, 0.25) is 0 Å². The number of carbonyl (C=O) groups excluding carboxylic acids is 1. The van der Waals surface area contributed by atoms with Crippen LogP contribution in [0.4, 0.5) is 11.8 Å². The number of Topliss-reactive ketones (excluding diaryl/α,β-unsaturated/α-hetero) is 1. The lowest BCUT2D eigenvalue weighted by Crippen LogP contribution is -2.35. The molecule has 1 aromatic carbocycles. The van der Waals surface area contributed by atoms with Crippen LogP contribution in [0.1, 0.15) is 62.6 Å². The summed E-state index contributed by atoms with van der Waals surface area (Å²) in [6, 6.07) is 8.51. The highest BCUT2D eigenvalue weighted by molar-refractivity contribution is 7.99. The van der Waals surface area contributed by atoms with Gasteiger partial charge in [-0.1, -0.05) is 25.1 Å². The number of rotatable bonds is 7.